The van der Waals surface area contributed by atoms with Crippen molar-refractivity contribution in [1.82, 2.24) is 39.2 Å². The van der Waals surface area contributed by atoms with Crippen molar-refractivity contribution >= 4 is 80.9 Å². The van der Waals surface area contributed by atoms with E-state index in [9.17, 15) is 24.3 Å². The largest absolute Gasteiger partial charge is 0.491 e. The van der Waals surface area contributed by atoms with Crippen LogP contribution in [0.2, 0.25) is 0 Å². The number of benzene rings is 2. The predicted octanol–water partition coefficient (Wildman–Crippen LogP) is 9.11. The molecule has 0 radical (unpaired) electrons. The van der Waals surface area contributed by atoms with Gasteiger partial charge >= 0.3 is 17.9 Å². The van der Waals surface area contributed by atoms with Crippen LogP contribution in [0.4, 0.5) is 45.8 Å². The molecular formula is C60H72N14O11. The molecule has 25 heteroatoms. The number of piperidine rings is 2. The molecule has 0 bridgehead atoms. The molecule has 2 aliphatic rings. The van der Waals surface area contributed by atoms with Crippen LogP contribution in [-0.4, -0.2) is 134 Å². The zero-order chi connectivity index (χ0) is 61.0. The van der Waals surface area contributed by atoms with Crippen molar-refractivity contribution in [1.29, 1.82) is 0 Å². The number of nitrogen functional groups attached to an aromatic ring is 1. The van der Waals surface area contributed by atoms with E-state index in [2.05, 4.69) is 55.9 Å². The number of carbonyl (C=O) groups is 4. The Labute approximate surface area is 491 Å². The summed E-state index contributed by atoms with van der Waals surface area (Å²) in [6.07, 6.45) is 9.88. The molecule has 2 aliphatic heterocycles. The highest BCUT2D eigenvalue weighted by atomic mass is 16.6. The van der Waals surface area contributed by atoms with Crippen molar-refractivity contribution in [2.75, 3.05) is 86.1 Å². The molecular weight excluding hydrogens is 1090 g/mol. The summed E-state index contributed by atoms with van der Waals surface area (Å²) < 4.78 is 35.1. The standard InChI is InChI=1S/C30H35N7O5.C19H22N6O4.C11H15NO2/c1-30(2,3)42-29(39)19-8-10-21(11-9-19)33-27(38)20-7-6-14-36(16-20)22-15-23(26-31-18-32-37(26)17-22)34-25-13-12-24(40-4)28(35-25)41-5;1-28-15-5-6-16(23-18(15)29-2)22-14-8-13(10-25-17(14)20-11-21-25)24-7-3-4-12(9-24)19(26)27;1-11(2,3)14-10(13)8-4-6-9(12)7-5-8/h8-13,15,17-18,20H,6-7,14,16H2,1-5H3,(H,33,38)(H,34,35);5-6,8,10-12H,3-4,7,9H2,1-2H3,(H,22,23)(H,26,27);4-7H,12H2,1-3H3. The SMILES string of the molecule is CC(C)(C)OC(=O)c1ccc(N)cc1.COc1ccc(Nc2cc(N3CCCC(C(=O)Nc4ccc(C(=O)OC(C)(C)C)cc4)C3)cn3ncnc23)nc1OC.COc1ccc(Nc2cc(N3CCCC(C(=O)O)C3)cn3ncnc23)nc1OC. The molecule has 2 fully saturated rings. The lowest BCUT2D eigenvalue weighted by atomic mass is 9.96. The molecule has 6 N–H and O–H groups in total. The third-order valence-corrected chi connectivity index (χ3v) is 13.3. The number of hydrogen-bond donors (Lipinski definition) is 5. The number of pyridine rings is 4. The second-order valence-corrected chi connectivity index (χ2v) is 21.9. The molecule has 1 amide bonds. The number of rotatable bonds is 15. The first-order valence-corrected chi connectivity index (χ1v) is 27.5. The maximum atomic E-state index is 13.2. The summed E-state index contributed by atoms with van der Waals surface area (Å²) in [6, 6.07) is 24.5. The normalized spacial score (nSPS) is 15.0. The fourth-order valence-corrected chi connectivity index (χ4v) is 9.29. The van der Waals surface area contributed by atoms with E-state index >= 15 is 0 Å². The summed E-state index contributed by atoms with van der Waals surface area (Å²) >= 11 is 0. The Morgan fingerprint density at radius 2 is 1.02 bits per heavy atom. The molecule has 0 aliphatic carbocycles. The van der Waals surface area contributed by atoms with Gasteiger partial charge in [0, 0.05) is 37.6 Å². The monoisotopic (exact) mass is 1160 g/mol. The molecule has 448 valence electrons. The number of nitrogens with one attached hydrogen (secondary N) is 3. The van der Waals surface area contributed by atoms with Crippen LogP contribution in [0.5, 0.6) is 23.3 Å². The number of aliphatic carboxylic acids is 1. The van der Waals surface area contributed by atoms with Gasteiger partial charge in [-0.15, -0.1) is 0 Å². The summed E-state index contributed by atoms with van der Waals surface area (Å²) in [5.41, 5.74) is 11.1. The molecule has 2 aromatic carbocycles. The van der Waals surface area contributed by atoms with E-state index < -0.39 is 23.1 Å². The summed E-state index contributed by atoms with van der Waals surface area (Å²) in [6.45, 7) is 13.6. The van der Waals surface area contributed by atoms with Gasteiger partial charge in [0.2, 0.25) is 5.91 Å². The minimum absolute atomic E-state index is 0.0700. The summed E-state index contributed by atoms with van der Waals surface area (Å²) in [5.74, 6) is 0.763. The summed E-state index contributed by atoms with van der Waals surface area (Å²) in [7, 11) is 6.18. The maximum Gasteiger partial charge on any atom is 0.338 e. The third-order valence-electron chi connectivity index (χ3n) is 13.3. The first-order chi connectivity index (χ1) is 40.6. The highest BCUT2D eigenvalue weighted by Crippen LogP contribution is 2.34. The number of nitrogens with two attached hydrogens (primary N) is 1. The van der Waals surface area contributed by atoms with E-state index in [1.807, 2.05) is 66.1 Å². The zero-order valence-corrected chi connectivity index (χ0v) is 49.3. The van der Waals surface area contributed by atoms with Crippen molar-refractivity contribution in [3.8, 4) is 23.3 Å². The number of esters is 2. The van der Waals surface area contributed by atoms with Gasteiger partial charge in [-0.1, -0.05) is 0 Å². The van der Waals surface area contributed by atoms with E-state index in [1.165, 1.54) is 26.9 Å². The third kappa shape index (κ3) is 16.2. The van der Waals surface area contributed by atoms with Crippen LogP contribution in [-0.2, 0) is 19.1 Å². The smallest absolute Gasteiger partial charge is 0.338 e. The average molecular weight is 1170 g/mol. The van der Waals surface area contributed by atoms with Crippen LogP contribution < -0.4 is 50.4 Å². The van der Waals surface area contributed by atoms with Gasteiger partial charge in [0.05, 0.1) is 86.5 Å². The molecule has 2 atom stereocenters. The van der Waals surface area contributed by atoms with E-state index in [4.69, 9.17) is 34.2 Å². The number of nitrogens with zero attached hydrogens (tertiary/aromatic N) is 10. The van der Waals surface area contributed by atoms with Crippen LogP contribution in [0.1, 0.15) is 87.9 Å². The fraction of sp³-hybridized carbons (Fsp3) is 0.367. The van der Waals surface area contributed by atoms with E-state index in [0.29, 0.717) is 99.6 Å². The van der Waals surface area contributed by atoms with Gasteiger partial charge in [0.25, 0.3) is 11.8 Å². The highest BCUT2D eigenvalue weighted by molar-refractivity contribution is 5.95. The number of fused-ring (bicyclic) bond motifs is 2. The minimum atomic E-state index is -0.760. The van der Waals surface area contributed by atoms with Gasteiger partial charge < -0.3 is 65.0 Å². The minimum Gasteiger partial charge on any atom is -0.491 e. The van der Waals surface area contributed by atoms with Gasteiger partial charge in [0.15, 0.2) is 22.8 Å². The molecule has 10 rings (SSSR count). The van der Waals surface area contributed by atoms with Crippen molar-refractivity contribution < 1.29 is 52.7 Å². The highest BCUT2D eigenvalue weighted by Gasteiger charge is 2.29. The lowest BCUT2D eigenvalue weighted by molar-refractivity contribution is -0.142. The van der Waals surface area contributed by atoms with E-state index in [0.717, 1.165) is 43.7 Å². The Kier molecular flexibility index (Phi) is 19.4. The number of carbonyl (C=O) groups excluding carboxylic acids is 3. The second kappa shape index (κ2) is 27.0. The quantitative estimate of drug-likeness (QED) is 0.0472. The van der Waals surface area contributed by atoms with Crippen LogP contribution in [0, 0.1) is 11.8 Å². The topological polar surface area (TPSA) is 299 Å². The van der Waals surface area contributed by atoms with Gasteiger partial charge in [-0.05, 0) is 152 Å². The fourth-order valence-electron chi connectivity index (χ4n) is 9.29. The average Bonchev–Trinajstić information content (AvgIpc) is 2.95. The molecule has 0 spiro atoms. The Bertz CT molecular complexity index is 3620. The molecule has 2 saturated heterocycles. The van der Waals surface area contributed by atoms with Gasteiger partial charge in [0.1, 0.15) is 35.5 Å². The maximum absolute atomic E-state index is 13.2. The molecule has 85 heavy (non-hydrogen) atoms. The number of ether oxygens (including phenoxy) is 6. The molecule has 8 heterocycles. The Balaban J connectivity index is 0.000000188. The molecule has 2 unspecified atom stereocenters. The number of anilines is 8. The van der Waals surface area contributed by atoms with Crippen LogP contribution in [0.3, 0.4) is 0 Å². The number of methoxy groups -OCH3 is 4. The van der Waals surface area contributed by atoms with Crippen molar-refractivity contribution in [2.45, 2.75) is 78.4 Å². The van der Waals surface area contributed by atoms with Crippen molar-refractivity contribution in [3.63, 3.8) is 0 Å². The molecule has 25 nitrogen and oxygen atoms in total. The lowest BCUT2D eigenvalue weighted by Crippen LogP contribution is -2.40. The predicted molar refractivity (Wildman–Crippen MR) is 321 cm³/mol. The van der Waals surface area contributed by atoms with Gasteiger partial charge in [-0.2, -0.15) is 20.2 Å². The molecule has 6 aromatic heterocycles. The van der Waals surface area contributed by atoms with Crippen molar-refractivity contribution in [3.05, 3.63) is 121 Å². The number of amides is 1. The summed E-state index contributed by atoms with van der Waals surface area (Å²) in [5, 5.41) is 27.6. The molecule has 0 saturated carbocycles. The number of aromatic nitrogens is 8. The zero-order valence-electron chi connectivity index (χ0n) is 49.3. The van der Waals surface area contributed by atoms with Crippen LogP contribution in [0.15, 0.2) is 110 Å². The first kappa shape index (κ1) is 61.1. The van der Waals surface area contributed by atoms with Crippen LogP contribution in [0.25, 0.3) is 11.3 Å². The van der Waals surface area contributed by atoms with Crippen LogP contribution >= 0.6 is 0 Å². The lowest BCUT2D eigenvalue weighted by Gasteiger charge is -2.34. The van der Waals surface area contributed by atoms with Crippen molar-refractivity contribution in [2.24, 2.45) is 11.8 Å². The number of carboxylic acid groups (broad SMARTS) is 1. The summed E-state index contributed by atoms with van der Waals surface area (Å²) in [4.78, 5) is 70.3. The van der Waals surface area contributed by atoms with Gasteiger partial charge in [-0.25, -0.2) is 28.6 Å². The Morgan fingerprint density at radius 1 is 0.588 bits per heavy atom. The number of hydrogen-bond acceptors (Lipinski definition) is 21. The Morgan fingerprint density at radius 3 is 1.45 bits per heavy atom. The van der Waals surface area contributed by atoms with E-state index in [1.54, 1.807) is 96.0 Å². The van der Waals surface area contributed by atoms with E-state index in [-0.39, 0.29) is 23.7 Å². The van der Waals surface area contributed by atoms with Gasteiger partial charge in [-0.3, -0.25) is 9.59 Å². The second-order valence-electron chi connectivity index (χ2n) is 21.9. The first-order valence-electron chi connectivity index (χ1n) is 27.5. The molecule has 8 aromatic rings. The number of carboxylic acids is 1. The Hall–Kier alpha value is -9.94.